The highest BCUT2D eigenvalue weighted by Gasteiger charge is 2.45. The Kier molecular flexibility index (Phi) is 5.90. The summed E-state index contributed by atoms with van der Waals surface area (Å²) in [5.41, 5.74) is 5.56. The first-order chi connectivity index (χ1) is 12.1. The maximum absolute atomic E-state index is 13.5. The van der Waals surface area contributed by atoms with Gasteiger partial charge in [0, 0.05) is 11.4 Å². The van der Waals surface area contributed by atoms with Gasteiger partial charge in [-0.25, -0.2) is 0 Å². The molecular formula is C21H22N2O2. The van der Waals surface area contributed by atoms with Gasteiger partial charge in [-0.05, 0) is 37.1 Å². The quantitative estimate of drug-likeness (QED) is 0.586. The van der Waals surface area contributed by atoms with Crippen LogP contribution in [0.15, 0.2) is 86.0 Å². The third-order valence-electron chi connectivity index (χ3n) is 4.10. The molecule has 0 saturated carbocycles. The van der Waals surface area contributed by atoms with Crippen molar-refractivity contribution in [3.05, 3.63) is 86.0 Å². The van der Waals surface area contributed by atoms with Crippen molar-refractivity contribution in [3.8, 4) is 0 Å². The fourth-order valence-corrected chi connectivity index (χ4v) is 2.81. The third-order valence-corrected chi connectivity index (χ3v) is 4.10. The molecule has 0 aliphatic heterocycles. The van der Waals surface area contributed by atoms with Crippen LogP contribution in [0, 0.1) is 5.41 Å². The van der Waals surface area contributed by atoms with E-state index in [-0.39, 0.29) is 12.8 Å². The van der Waals surface area contributed by atoms with Crippen LogP contribution in [0.1, 0.15) is 12.8 Å². The number of allylic oxidation sites excluding steroid dienone is 2. The summed E-state index contributed by atoms with van der Waals surface area (Å²) < 4.78 is 0. The molecule has 25 heavy (non-hydrogen) atoms. The van der Waals surface area contributed by atoms with Crippen LogP contribution < -0.4 is 10.6 Å². The zero-order valence-corrected chi connectivity index (χ0v) is 14.1. The number of para-hydroxylation sites is 2. The third kappa shape index (κ3) is 3.69. The summed E-state index contributed by atoms with van der Waals surface area (Å²) in [6.07, 6.45) is 3.37. The number of hydrogen-bond acceptors (Lipinski definition) is 2. The molecule has 2 aromatic carbocycles. The summed E-state index contributed by atoms with van der Waals surface area (Å²) in [6.45, 7) is 7.37. The lowest BCUT2D eigenvalue weighted by Crippen LogP contribution is -2.49. The van der Waals surface area contributed by atoms with E-state index in [2.05, 4.69) is 13.2 Å². The summed E-state index contributed by atoms with van der Waals surface area (Å²) in [7, 11) is 0. The average Bonchev–Trinajstić information content (AvgIpc) is 2.63. The lowest BCUT2D eigenvalue weighted by molar-refractivity contribution is -0.139. The minimum absolute atomic E-state index is 0.142. The fraction of sp³-hybridized carbons (Fsp3) is 0.143. The van der Waals surface area contributed by atoms with Crippen molar-refractivity contribution < 1.29 is 9.59 Å². The van der Waals surface area contributed by atoms with Gasteiger partial charge in [0.15, 0.2) is 0 Å². The van der Waals surface area contributed by atoms with Crippen LogP contribution in [0.4, 0.5) is 11.4 Å². The molecular weight excluding hydrogens is 312 g/mol. The molecule has 0 bridgehead atoms. The van der Waals surface area contributed by atoms with Gasteiger partial charge < -0.3 is 5.73 Å². The van der Waals surface area contributed by atoms with E-state index in [4.69, 9.17) is 5.73 Å². The van der Waals surface area contributed by atoms with E-state index in [0.29, 0.717) is 11.4 Å². The number of rotatable bonds is 8. The van der Waals surface area contributed by atoms with Crippen molar-refractivity contribution in [1.29, 1.82) is 0 Å². The average molecular weight is 334 g/mol. The molecule has 2 rings (SSSR count). The van der Waals surface area contributed by atoms with Gasteiger partial charge in [-0.3, -0.25) is 14.5 Å². The maximum atomic E-state index is 13.5. The molecule has 2 aromatic rings. The molecule has 0 heterocycles. The highest BCUT2D eigenvalue weighted by atomic mass is 16.2. The predicted molar refractivity (Wildman–Crippen MR) is 101 cm³/mol. The predicted octanol–water partition coefficient (Wildman–Crippen LogP) is 3.98. The second-order valence-electron chi connectivity index (χ2n) is 5.74. The lowest BCUT2D eigenvalue weighted by Gasteiger charge is -2.34. The Hall–Kier alpha value is -3.14. The maximum Gasteiger partial charge on any atom is 0.247 e. The Morgan fingerprint density at radius 3 is 1.60 bits per heavy atom. The first-order valence-corrected chi connectivity index (χ1v) is 8.03. The van der Waals surface area contributed by atoms with Gasteiger partial charge in [0.05, 0.1) is 0 Å². The highest BCUT2D eigenvalue weighted by molar-refractivity contribution is 6.14. The van der Waals surface area contributed by atoms with Crippen LogP contribution in [-0.4, -0.2) is 11.8 Å². The van der Waals surface area contributed by atoms with E-state index in [1.54, 1.807) is 12.2 Å². The minimum Gasteiger partial charge on any atom is -0.369 e. The number of carbonyl (C=O) groups excluding carboxylic acids is 2. The number of anilines is 2. The molecule has 2 N–H and O–H groups in total. The topological polar surface area (TPSA) is 63.4 Å². The molecule has 0 unspecified atom stereocenters. The van der Waals surface area contributed by atoms with Gasteiger partial charge in [0.1, 0.15) is 5.41 Å². The number of benzene rings is 2. The second kappa shape index (κ2) is 8.11. The number of nitrogens with zero attached hydrogens (tertiary/aromatic N) is 1. The summed E-state index contributed by atoms with van der Waals surface area (Å²) >= 11 is 0. The van der Waals surface area contributed by atoms with E-state index < -0.39 is 17.2 Å². The first-order valence-electron chi connectivity index (χ1n) is 8.03. The molecule has 2 amide bonds. The van der Waals surface area contributed by atoms with Crippen LogP contribution in [0.2, 0.25) is 0 Å². The minimum atomic E-state index is -1.42. The molecule has 0 fully saturated rings. The van der Waals surface area contributed by atoms with Crippen LogP contribution in [0.3, 0.4) is 0 Å². The largest absolute Gasteiger partial charge is 0.369 e. The Morgan fingerprint density at radius 1 is 0.880 bits per heavy atom. The molecule has 4 nitrogen and oxygen atoms in total. The van der Waals surface area contributed by atoms with Gasteiger partial charge in [0.25, 0.3) is 0 Å². The van der Waals surface area contributed by atoms with Gasteiger partial charge >= 0.3 is 0 Å². The number of primary amides is 1. The lowest BCUT2D eigenvalue weighted by atomic mass is 9.78. The van der Waals surface area contributed by atoms with Crippen molar-refractivity contribution in [2.24, 2.45) is 11.1 Å². The Bertz CT molecular complexity index is 704. The Morgan fingerprint density at radius 2 is 1.28 bits per heavy atom. The zero-order chi connectivity index (χ0) is 18.3. The Labute approximate surface area is 148 Å². The zero-order valence-electron chi connectivity index (χ0n) is 14.1. The smallest absolute Gasteiger partial charge is 0.247 e. The summed E-state index contributed by atoms with van der Waals surface area (Å²) in [5.74, 6) is -1.08. The Balaban J connectivity index is 2.63. The number of amides is 2. The molecule has 0 aliphatic rings. The van der Waals surface area contributed by atoms with Crippen molar-refractivity contribution >= 4 is 23.2 Å². The van der Waals surface area contributed by atoms with E-state index in [9.17, 15) is 9.59 Å². The standard InChI is InChI=1S/C21H22N2O2/c1-3-15-21(16-4-2,19(22)24)20(25)23(17-11-7-5-8-12-17)18-13-9-6-10-14-18/h3-14H,1-2,15-16H2,(H2,22,24). The van der Waals surface area contributed by atoms with Gasteiger partial charge in [-0.15, -0.1) is 13.2 Å². The van der Waals surface area contributed by atoms with Crippen molar-refractivity contribution in [2.45, 2.75) is 12.8 Å². The molecule has 0 spiro atoms. The first kappa shape index (κ1) is 18.2. The molecule has 0 saturated heterocycles. The number of hydrogen-bond donors (Lipinski definition) is 1. The highest BCUT2D eigenvalue weighted by Crippen LogP contribution is 2.36. The molecule has 128 valence electrons. The fourth-order valence-electron chi connectivity index (χ4n) is 2.81. The van der Waals surface area contributed by atoms with Crippen LogP contribution in [-0.2, 0) is 9.59 Å². The summed E-state index contributed by atoms with van der Waals surface area (Å²) in [6, 6.07) is 18.4. The summed E-state index contributed by atoms with van der Waals surface area (Å²) in [4.78, 5) is 27.3. The van der Waals surface area contributed by atoms with Crippen LogP contribution >= 0.6 is 0 Å². The molecule has 0 atom stereocenters. The molecule has 0 aromatic heterocycles. The van der Waals surface area contributed by atoms with E-state index in [0.717, 1.165) is 0 Å². The van der Waals surface area contributed by atoms with E-state index in [1.807, 2.05) is 60.7 Å². The van der Waals surface area contributed by atoms with Gasteiger partial charge in [-0.1, -0.05) is 48.6 Å². The van der Waals surface area contributed by atoms with Crippen LogP contribution in [0.25, 0.3) is 0 Å². The molecule has 0 aliphatic carbocycles. The van der Waals surface area contributed by atoms with Crippen molar-refractivity contribution in [1.82, 2.24) is 0 Å². The molecule has 4 heteroatoms. The SMILES string of the molecule is C=CCC(CC=C)(C(N)=O)C(=O)N(c1ccccc1)c1ccccc1. The normalized spacial score (nSPS) is 10.7. The van der Waals surface area contributed by atoms with Crippen molar-refractivity contribution in [3.63, 3.8) is 0 Å². The monoisotopic (exact) mass is 334 g/mol. The number of nitrogens with two attached hydrogens (primary N) is 1. The number of carbonyl (C=O) groups is 2. The summed E-state index contributed by atoms with van der Waals surface area (Å²) in [5, 5.41) is 0. The second-order valence-corrected chi connectivity index (χ2v) is 5.74. The van der Waals surface area contributed by atoms with E-state index >= 15 is 0 Å². The van der Waals surface area contributed by atoms with Gasteiger partial charge in [0.2, 0.25) is 11.8 Å². The molecule has 0 radical (unpaired) electrons. The van der Waals surface area contributed by atoms with E-state index in [1.165, 1.54) is 4.90 Å². The van der Waals surface area contributed by atoms with Gasteiger partial charge in [-0.2, -0.15) is 0 Å². The van der Waals surface area contributed by atoms with Crippen molar-refractivity contribution in [2.75, 3.05) is 4.90 Å². The van der Waals surface area contributed by atoms with Crippen LogP contribution in [0.5, 0.6) is 0 Å².